The Bertz CT molecular complexity index is 1050. The Morgan fingerprint density at radius 3 is 2.49 bits per heavy atom. The van der Waals surface area contributed by atoms with Crippen molar-refractivity contribution in [3.05, 3.63) is 59.7 Å². The third-order valence-electron chi connectivity index (χ3n) is 5.81. The maximum absolute atomic E-state index is 13.0. The minimum Gasteiger partial charge on any atom is -0.468 e. The van der Waals surface area contributed by atoms with E-state index >= 15 is 0 Å². The van der Waals surface area contributed by atoms with Crippen LogP contribution in [0.5, 0.6) is 0 Å². The highest BCUT2D eigenvalue weighted by atomic mass is 32.2. The Hall–Kier alpha value is -3.33. The summed E-state index contributed by atoms with van der Waals surface area (Å²) in [6.07, 6.45) is 6.10. The van der Waals surface area contributed by atoms with Gasteiger partial charge in [0.25, 0.3) is 11.8 Å². The number of esters is 1. The molecule has 1 aliphatic rings. The number of carbonyl (C=O) groups is 4. The summed E-state index contributed by atoms with van der Waals surface area (Å²) in [7, 11) is 1.24. The number of hydrogen-bond acceptors (Lipinski definition) is 6. The molecule has 0 saturated heterocycles. The second-order valence-electron chi connectivity index (χ2n) is 8.39. The van der Waals surface area contributed by atoms with Crippen molar-refractivity contribution in [3.63, 3.8) is 0 Å². The van der Waals surface area contributed by atoms with Gasteiger partial charge >= 0.3 is 5.97 Å². The molecule has 1 aliphatic carbocycles. The largest absolute Gasteiger partial charge is 0.468 e. The number of nitrogens with one attached hydrogen (secondary N) is 3. The van der Waals surface area contributed by atoms with Gasteiger partial charge in [0.2, 0.25) is 5.91 Å². The van der Waals surface area contributed by atoms with E-state index in [0.717, 1.165) is 0 Å². The van der Waals surface area contributed by atoms with Crippen molar-refractivity contribution >= 4 is 41.1 Å². The summed E-state index contributed by atoms with van der Waals surface area (Å²) in [5.41, 5.74) is 1.17. The van der Waals surface area contributed by atoms with Gasteiger partial charge in [0.15, 0.2) is 0 Å². The van der Waals surface area contributed by atoms with Crippen LogP contribution in [-0.4, -0.2) is 49.6 Å². The van der Waals surface area contributed by atoms with E-state index in [0.29, 0.717) is 34.2 Å². The lowest BCUT2D eigenvalue weighted by molar-refractivity contribution is -0.139. The lowest BCUT2D eigenvalue weighted by Crippen LogP contribution is -2.31. The quantitative estimate of drug-likeness (QED) is 0.341. The van der Waals surface area contributed by atoms with Crippen LogP contribution >= 0.6 is 11.8 Å². The Labute approximate surface area is 209 Å². The topological polar surface area (TPSA) is 114 Å². The molecule has 35 heavy (non-hydrogen) atoms. The maximum Gasteiger partial charge on any atom is 0.325 e. The van der Waals surface area contributed by atoms with Gasteiger partial charge in [-0.25, -0.2) is 0 Å². The number of hydrogen-bond donors (Lipinski definition) is 3. The Kier molecular flexibility index (Phi) is 10.2. The third kappa shape index (κ3) is 8.43. The minimum atomic E-state index is -0.556. The molecule has 0 unspecified atom stereocenters. The van der Waals surface area contributed by atoms with E-state index in [-0.39, 0.29) is 24.1 Å². The fourth-order valence-electron chi connectivity index (χ4n) is 3.89. The molecule has 0 atom stereocenters. The number of benzene rings is 2. The molecular weight excluding hydrogens is 466 g/mol. The Morgan fingerprint density at radius 2 is 1.71 bits per heavy atom. The molecule has 1 fully saturated rings. The summed E-state index contributed by atoms with van der Waals surface area (Å²) < 4.78 is 4.51. The number of ether oxygens (including phenoxy) is 1. The van der Waals surface area contributed by atoms with Gasteiger partial charge in [-0.2, -0.15) is 0 Å². The maximum atomic E-state index is 13.0. The van der Waals surface area contributed by atoms with E-state index in [4.69, 9.17) is 0 Å². The van der Waals surface area contributed by atoms with Gasteiger partial charge in [0, 0.05) is 22.7 Å². The van der Waals surface area contributed by atoms with E-state index in [1.54, 1.807) is 30.3 Å². The number of anilines is 1. The van der Waals surface area contributed by atoms with Gasteiger partial charge in [-0.05, 0) is 49.1 Å². The van der Waals surface area contributed by atoms with Crippen LogP contribution in [0.4, 0.5) is 5.69 Å². The fourth-order valence-corrected chi connectivity index (χ4v) is 4.77. The Balaban J connectivity index is 1.56. The average Bonchev–Trinajstić information content (AvgIpc) is 2.90. The number of rotatable bonds is 10. The number of methoxy groups -OCH3 is 1. The molecule has 186 valence electrons. The zero-order chi connectivity index (χ0) is 25.0. The molecule has 0 bridgehead atoms. The zero-order valence-corrected chi connectivity index (χ0v) is 20.6. The predicted molar refractivity (Wildman–Crippen MR) is 135 cm³/mol. The molecular formula is C26H31N3O5S. The minimum absolute atomic E-state index is 0.0403. The third-order valence-corrected chi connectivity index (χ3v) is 6.88. The van der Waals surface area contributed by atoms with Crippen molar-refractivity contribution in [3.8, 4) is 0 Å². The normalized spacial score (nSPS) is 13.5. The van der Waals surface area contributed by atoms with Gasteiger partial charge in [-0.15, -0.1) is 11.8 Å². The lowest BCUT2D eigenvalue weighted by Gasteiger charge is -2.21. The van der Waals surface area contributed by atoms with Crippen LogP contribution in [0.1, 0.15) is 52.8 Å². The van der Waals surface area contributed by atoms with Gasteiger partial charge in [0.1, 0.15) is 6.54 Å². The second kappa shape index (κ2) is 13.5. The molecule has 1 saturated carbocycles. The molecule has 0 aromatic heterocycles. The fraction of sp³-hybridized carbons (Fsp3) is 0.385. The molecule has 3 rings (SSSR count). The molecule has 2 aromatic carbocycles. The molecule has 0 spiro atoms. The summed E-state index contributed by atoms with van der Waals surface area (Å²) in [5.74, 6) is -0.605. The van der Waals surface area contributed by atoms with E-state index < -0.39 is 11.9 Å². The highest BCUT2D eigenvalue weighted by Gasteiger charge is 2.16. The molecule has 3 N–H and O–H groups in total. The van der Waals surface area contributed by atoms with Crippen LogP contribution in [0, 0.1) is 5.92 Å². The van der Waals surface area contributed by atoms with Gasteiger partial charge in [-0.3, -0.25) is 19.2 Å². The lowest BCUT2D eigenvalue weighted by atomic mass is 9.89. The van der Waals surface area contributed by atoms with Crippen molar-refractivity contribution in [2.24, 2.45) is 5.92 Å². The van der Waals surface area contributed by atoms with Crippen molar-refractivity contribution in [2.75, 3.05) is 31.3 Å². The first-order valence-electron chi connectivity index (χ1n) is 11.7. The van der Waals surface area contributed by atoms with Crippen LogP contribution in [-0.2, 0) is 14.3 Å². The zero-order valence-electron chi connectivity index (χ0n) is 19.8. The molecule has 0 heterocycles. The molecule has 0 radical (unpaired) electrons. The molecule has 2 aromatic rings. The first-order chi connectivity index (χ1) is 17.0. The smallest absolute Gasteiger partial charge is 0.325 e. The van der Waals surface area contributed by atoms with Gasteiger partial charge < -0.3 is 20.7 Å². The van der Waals surface area contributed by atoms with E-state index in [1.165, 1.54) is 57.0 Å². The van der Waals surface area contributed by atoms with Gasteiger partial charge in [-0.1, -0.05) is 37.5 Å². The summed E-state index contributed by atoms with van der Waals surface area (Å²) in [6, 6.07) is 13.5. The van der Waals surface area contributed by atoms with Crippen molar-refractivity contribution in [1.82, 2.24) is 10.6 Å². The monoisotopic (exact) mass is 497 g/mol. The molecule has 8 nitrogen and oxygen atoms in total. The molecule has 9 heteroatoms. The molecule has 3 amide bonds. The van der Waals surface area contributed by atoms with Crippen LogP contribution in [0.2, 0.25) is 0 Å². The van der Waals surface area contributed by atoms with Gasteiger partial charge in [0.05, 0.1) is 18.4 Å². The number of carbonyl (C=O) groups excluding carboxylic acids is 4. The van der Waals surface area contributed by atoms with Crippen LogP contribution in [0.3, 0.4) is 0 Å². The van der Waals surface area contributed by atoms with Crippen molar-refractivity contribution < 1.29 is 23.9 Å². The predicted octanol–water partition coefficient (Wildman–Crippen LogP) is 3.63. The van der Waals surface area contributed by atoms with Crippen LogP contribution < -0.4 is 16.0 Å². The van der Waals surface area contributed by atoms with E-state index in [2.05, 4.69) is 20.7 Å². The summed E-state index contributed by atoms with van der Waals surface area (Å²) in [5, 5.41) is 8.29. The first-order valence-corrected chi connectivity index (χ1v) is 12.7. The molecule has 0 aliphatic heterocycles. The summed E-state index contributed by atoms with van der Waals surface area (Å²) in [6.45, 7) is 0.468. The number of thioether (sulfide) groups is 1. The van der Waals surface area contributed by atoms with E-state index in [1.807, 2.05) is 12.1 Å². The van der Waals surface area contributed by atoms with Crippen molar-refractivity contribution in [1.29, 1.82) is 0 Å². The second-order valence-corrected chi connectivity index (χ2v) is 9.40. The highest BCUT2D eigenvalue weighted by molar-refractivity contribution is 8.00. The van der Waals surface area contributed by atoms with Crippen LogP contribution in [0.15, 0.2) is 53.4 Å². The average molecular weight is 498 g/mol. The van der Waals surface area contributed by atoms with Crippen LogP contribution in [0.25, 0.3) is 0 Å². The first kappa shape index (κ1) is 26.3. The SMILES string of the molecule is COC(=O)CNC(=O)c1cccc(NC(=O)c2ccccc2SCC(=O)NCC2CCCCC2)c1. The summed E-state index contributed by atoms with van der Waals surface area (Å²) in [4.78, 5) is 49.5. The Morgan fingerprint density at radius 1 is 0.943 bits per heavy atom. The number of amides is 3. The van der Waals surface area contributed by atoms with Crippen molar-refractivity contribution in [2.45, 2.75) is 37.0 Å². The highest BCUT2D eigenvalue weighted by Crippen LogP contribution is 2.25. The standard InChI is InChI=1S/C26H31N3O5S/c1-34-24(31)16-28-25(32)19-10-7-11-20(14-19)29-26(33)21-12-5-6-13-22(21)35-17-23(30)27-15-18-8-3-2-4-9-18/h5-7,10-14,18H,2-4,8-9,15-17H2,1H3,(H,27,30)(H,28,32)(H,29,33). The summed E-state index contributed by atoms with van der Waals surface area (Å²) >= 11 is 1.32. The van der Waals surface area contributed by atoms with E-state index in [9.17, 15) is 19.2 Å².